The Morgan fingerprint density at radius 3 is 2.56 bits per heavy atom. The fraction of sp³-hybridized carbons (Fsp3) is 0.0526. The van der Waals surface area contributed by atoms with E-state index in [-0.39, 0.29) is 5.91 Å². The van der Waals surface area contributed by atoms with Crippen LogP contribution < -0.4 is 5.32 Å². The number of allylic oxidation sites excluding steroid dienone is 2. The molecule has 3 rings (SSSR count). The summed E-state index contributed by atoms with van der Waals surface area (Å²) in [6.07, 6.45) is 5.66. The quantitative estimate of drug-likeness (QED) is 0.516. The number of thiocarbonyl (C=S) groups is 1. The van der Waals surface area contributed by atoms with Crippen LogP contribution in [0.1, 0.15) is 5.56 Å². The van der Waals surface area contributed by atoms with Crippen molar-refractivity contribution in [3.63, 3.8) is 0 Å². The van der Waals surface area contributed by atoms with Crippen LogP contribution in [0.25, 0.3) is 6.08 Å². The summed E-state index contributed by atoms with van der Waals surface area (Å²) in [6, 6.07) is 17.7. The fourth-order valence-electron chi connectivity index (χ4n) is 2.20. The number of halogens is 1. The third-order valence-corrected chi connectivity index (χ3v) is 5.42. The number of carbonyl (C=O) groups is 1. The molecule has 1 saturated heterocycles. The van der Waals surface area contributed by atoms with E-state index in [1.807, 2.05) is 72.8 Å². The van der Waals surface area contributed by atoms with Crippen molar-refractivity contribution in [3.05, 3.63) is 81.7 Å². The lowest BCUT2D eigenvalue weighted by Gasteiger charge is -2.16. The molecule has 126 valence electrons. The topological polar surface area (TPSA) is 32.3 Å². The molecule has 0 atom stereocenters. The van der Waals surface area contributed by atoms with E-state index < -0.39 is 0 Å². The first-order chi connectivity index (χ1) is 12.1. The van der Waals surface area contributed by atoms with Crippen LogP contribution in [0.2, 0.25) is 0 Å². The summed E-state index contributed by atoms with van der Waals surface area (Å²) in [5.74, 6) is -0.0719. The third-order valence-electron chi connectivity index (χ3n) is 3.49. The number of carbonyl (C=O) groups excluding carboxylic acids is 1. The van der Waals surface area contributed by atoms with E-state index in [9.17, 15) is 4.79 Å². The van der Waals surface area contributed by atoms with Crippen molar-refractivity contribution in [1.29, 1.82) is 0 Å². The highest BCUT2D eigenvalue weighted by molar-refractivity contribution is 9.10. The molecule has 2 aromatic carbocycles. The molecule has 3 nitrogen and oxygen atoms in total. The Morgan fingerprint density at radius 1 is 1.12 bits per heavy atom. The van der Waals surface area contributed by atoms with Crippen molar-refractivity contribution in [2.24, 2.45) is 0 Å². The summed E-state index contributed by atoms with van der Waals surface area (Å²) in [7, 11) is 0. The maximum absolute atomic E-state index is 12.5. The van der Waals surface area contributed by atoms with Gasteiger partial charge in [0.05, 0.1) is 11.6 Å². The summed E-state index contributed by atoms with van der Waals surface area (Å²) in [5, 5.41) is 3.22. The Balaban J connectivity index is 1.62. The van der Waals surface area contributed by atoms with Gasteiger partial charge in [0, 0.05) is 10.2 Å². The summed E-state index contributed by atoms with van der Waals surface area (Å²) in [5.41, 5.74) is 2.02. The molecular weight excluding hydrogens is 416 g/mol. The van der Waals surface area contributed by atoms with Gasteiger partial charge in [-0.05, 0) is 35.9 Å². The van der Waals surface area contributed by atoms with Gasteiger partial charge in [-0.3, -0.25) is 9.69 Å². The minimum Gasteiger partial charge on any atom is -0.367 e. The van der Waals surface area contributed by atoms with E-state index in [1.165, 1.54) is 11.8 Å². The minimum absolute atomic E-state index is 0.0719. The standard InChI is InChI=1S/C19H15BrN2OS2/c20-15-9-11-16(12-10-15)21-13-22-18(23)17(25-19(22)24)8-4-7-14-5-2-1-3-6-14/h1-12,21H,13H2. The molecule has 1 aliphatic rings. The number of hydrogen-bond acceptors (Lipinski definition) is 4. The second-order valence-electron chi connectivity index (χ2n) is 5.24. The van der Waals surface area contributed by atoms with Gasteiger partial charge in [0.2, 0.25) is 0 Å². The van der Waals surface area contributed by atoms with Crippen molar-refractivity contribution < 1.29 is 4.79 Å². The smallest absolute Gasteiger partial charge is 0.267 e. The molecule has 25 heavy (non-hydrogen) atoms. The van der Waals surface area contributed by atoms with E-state index in [0.717, 1.165) is 15.7 Å². The van der Waals surface area contributed by atoms with Crippen molar-refractivity contribution in [2.75, 3.05) is 12.0 Å². The monoisotopic (exact) mass is 430 g/mol. The fourth-order valence-corrected chi connectivity index (χ4v) is 3.67. The van der Waals surface area contributed by atoms with Gasteiger partial charge in [-0.15, -0.1) is 0 Å². The largest absolute Gasteiger partial charge is 0.367 e. The summed E-state index contributed by atoms with van der Waals surface area (Å²) in [6.45, 7) is 0.353. The van der Waals surface area contributed by atoms with Gasteiger partial charge in [0.1, 0.15) is 4.32 Å². The van der Waals surface area contributed by atoms with Gasteiger partial charge in [-0.1, -0.05) is 82.4 Å². The van der Waals surface area contributed by atoms with E-state index in [1.54, 1.807) is 4.90 Å². The van der Waals surface area contributed by atoms with E-state index >= 15 is 0 Å². The average molecular weight is 431 g/mol. The van der Waals surface area contributed by atoms with Gasteiger partial charge in [-0.25, -0.2) is 0 Å². The van der Waals surface area contributed by atoms with Crippen LogP contribution in [0.5, 0.6) is 0 Å². The van der Waals surface area contributed by atoms with Crippen molar-refractivity contribution in [2.45, 2.75) is 0 Å². The second kappa shape index (κ2) is 8.47. The first kappa shape index (κ1) is 17.9. The maximum Gasteiger partial charge on any atom is 0.267 e. The van der Waals surface area contributed by atoms with E-state index in [2.05, 4.69) is 21.2 Å². The van der Waals surface area contributed by atoms with E-state index in [0.29, 0.717) is 15.9 Å². The summed E-state index contributed by atoms with van der Waals surface area (Å²) in [4.78, 5) is 14.7. The third kappa shape index (κ3) is 4.81. The Morgan fingerprint density at radius 2 is 1.84 bits per heavy atom. The van der Waals surface area contributed by atoms with Gasteiger partial charge in [-0.2, -0.15) is 0 Å². The van der Waals surface area contributed by atoms with Crippen LogP contribution in [0.15, 0.2) is 76.1 Å². The summed E-state index contributed by atoms with van der Waals surface area (Å²) < 4.78 is 1.57. The highest BCUT2D eigenvalue weighted by atomic mass is 79.9. The molecule has 0 radical (unpaired) electrons. The molecule has 1 N–H and O–H groups in total. The molecule has 0 saturated carbocycles. The zero-order chi connectivity index (χ0) is 17.6. The molecule has 1 fully saturated rings. The second-order valence-corrected chi connectivity index (χ2v) is 7.84. The lowest BCUT2D eigenvalue weighted by atomic mass is 10.2. The number of anilines is 1. The normalized spacial score (nSPS) is 16.2. The first-order valence-electron chi connectivity index (χ1n) is 7.60. The molecule has 1 aliphatic heterocycles. The Bertz CT molecular complexity index is 832. The molecule has 0 aliphatic carbocycles. The van der Waals surface area contributed by atoms with Crippen LogP contribution in [0.3, 0.4) is 0 Å². The molecule has 1 amide bonds. The number of nitrogens with zero attached hydrogens (tertiary/aromatic N) is 1. The first-order valence-corrected chi connectivity index (χ1v) is 9.62. The number of benzene rings is 2. The number of amides is 1. The SMILES string of the molecule is O=C1C(=CC=Cc2ccccc2)SC(=S)N1CNc1ccc(Br)cc1. The number of rotatable bonds is 5. The molecule has 6 heteroatoms. The lowest BCUT2D eigenvalue weighted by molar-refractivity contribution is -0.121. The predicted molar refractivity (Wildman–Crippen MR) is 113 cm³/mol. The van der Waals surface area contributed by atoms with Crippen LogP contribution in [-0.2, 0) is 4.79 Å². The molecule has 2 aromatic rings. The molecule has 0 aromatic heterocycles. The molecular formula is C19H15BrN2OS2. The van der Waals surface area contributed by atoms with Crippen LogP contribution >= 0.6 is 39.9 Å². The predicted octanol–water partition coefficient (Wildman–Crippen LogP) is 5.28. The van der Waals surface area contributed by atoms with Gasteiger partial charge in [0.15, 0.2) is 0 Å². The Labute approximate surface area is 164 Å². The number of hydrogen-bond donors (Lipinski definition) is 1. The molecule has 0 bridgehead atoms. The Hall–Kier alpha value is -1.89. The van der Waals surface area contributed by atoms with Crippen molar-refractivity contribution in [1.82, 2.24) is 4.90 Å². The number of thioether (sulfide) groups is 1. The van der Waals surface area contributed by atoms with Gasteiger partial charge in [0.25, 0.3) is 5.91 Å². The van der Waals surface area contributed by atoms with Crippen molar-refractivity contribution >= 4 is 61.9 Å². The van der Waals surface area contributed by atoms with Gasteiger partial charge < -0.3 is 5.32 Å². The molecule has 1 heterocycles. The maximum atomic E-state index is 12.5. The highest BCUT2D eigenvalue weighted by Crippen LogP contribution is 2.31. The van der Waals surface area contributed by atoms with Crippen LogP contribution in [0.4, 0.5) is 5.69 Å². The molecule has 0 spiro atoms. The zero-order valence-electron chi connectivity index (χ0n) is 13.2. The lowest BCUT2D eigenvalue weighted by Crippen LogP contribution is -2.33. The number of nitrogens with one attached hydrogen (secondary N) is 1. The zero-order valence-corrected chi connectivity index (χ0v) is 16.4. The average Bonchev–Trinajstić information content (AvgIpc) is 2.89. The van der Waals surface area contributed by atoms with Gasteiger partial charge >= 0.3 is 0 Å². The van der Waals surface area contributed by atoms with E-state index in [4.69, 9.17) is 12.2 Å². The van der Waals surface area contributed by atoms with Crippen LogP contribution in [-0.4, -0.2) is 21.8 Å². The van der Waals surface area contributed by atoms with Crippen molar-refractivity contribution in [3.8, 4) is 0 Å². The highest BCUT2D eigenvalue weighted by Gasteiger charge is 2.31. The molecule has 0 unspecified atom stereocenters. The summed E-state index contributed by atoms with van der Waals surface area (Å²) >= 11 is 10.1. The minimum atomic E-state index is -0.0719. The Kier molecular flexibility index (Phi) is 6.07. The van der Waals surface area contributed by atoms with Crippen LogP contribution in [0, 0.1) is 0 Å².